The van der Waals surface area contributed by atoms with E-state index in [4.69, 9.17) is 0 Å². The number of carbonyl (C=O) groups excluding carboxylic acids is 2. The molecule has 3 rings (SSSR count). The summed E-state index contributed by atoms with van der Waals surface area (Å²) in [4.78, 5) is 26.7. The molecule has 0 unspecified atom stereocenters. The van der Waals surface area contributed by atoms with E-state index in [1.807, 2.05) is 11.0 Å². The summed E-state index contributed by atoms with van der Waals surface area (Å²) in [6.07, 6.45) is 6.07. The lowest BCUT2D eigenvalue weighted by Gasteiger charge is -2.26. The molecule has 8 heteroatoms. The van der Waals surface area contributed by atoms with Crippen molar-refractivity contribution >= 4 is 29.7 Å². The van der Waals surface area contributed by atoms with Gasteiger partial charge in [-0.2, -0.15) is 13.2 Å². The van der Waals surface area contributed by atoms with E-state index in [1.165, 1.54) is 36.4 Å². The second-order valence-electron chi connectivity index (χ2n) is 7.22. The quantitative estimate of drug-likeness (QED) is 0.485. The van der Waals surface area contributed by atoms with E-state index in [-0.39, 0.29) is 35.0 Å². The van der Waals surface area contributed by atoms with Crippen LogP contribution in [0.25, 0.3) is 6.08 Å². The van der Waals surface area contributed by atoms with Crippen LogP contribution < -0.4 is 5.32 Å². The van der Waals surface area contributed by atoms with Gasteiger partial charge in [0.05, 0.1) is 0 Å². The molecule has 0 radical (unpaired) electrons. The highest BCUT2D eigenvalue weighted by Gasteiger charge is 2.28. The van der Waals surface area contributed by atoms with Crippen molar-refractivity contribution in [3.63, 3.8) is 0 Å². The molecule has 0 spiro atoms. The zero-order valence-electron chi connectivity index (χ0n) is 16.8. The van der Waals surface area contributed by atoms with Gasteiger partial charge in [-0.1, -0.05) is 24.3 Å². The van der Waals surface area contributed by atoms with Gasteiger partial charge >= 0.3 is 5.51 Å². The lowest BCUT2D eigenvalue weighted by Crippen LogP contribution is -2.35. The van der Waals surface area contributed by atoms with Crippen LogP contribution in [0.5, 0.6) is 0 Å². The first kappa shape index (κ1) is 22.9. The summed E-state index contributed by atoms with van der Waals surface area (Å²) >= 11 is -0.179. The first-order valence-electron chi connectivity index (χ1n) is 10.0. The van der Waals surface area contributed by atoms with Crippen molar-refractivity contribution in [2.75, 3.05) is 13.1 Å². The monoisotopic (exact) mass is 448 g/mol. The van der Waals surface area contributed by atoms with Gasteiger partial charge in [-0.15, -0.1) is 0 Å². The summed E-state index contributed by atoms with van der Waals surface area (Å²) in [6.45, 7) is 1.83. The fourth-order valence-electron chi connectivity index (χ4n) is 3.29. The summed E-state index contributed by atoms with van der Waals surface area (Å²) in [7, 11) is 0. The molecule has 0 saturated carbocycles. The minimum Gasteiger partial charge on any atom is -0.348 e. The number of rotatable bonds is 6. The summed E-state index contributed by atoms with van der Waals surface area (Å²) in [6, 6.07) is 13.0. The number of carbonyl (C=O) groups is 2. The summed E-state index contributed by atoms with van der Waals surface area (Å²) in [5.41, 5.74) is -2.28. The Bertz CT molecular complexity index is 937. The molecule has 1 heterocycles. The molecule has 1 aliphatic rings. The minimum absolute atomic E-state index is 0.0138. The van der Waals surface area contributed by atoms with Crippen molar-refractivity contribution in [3.8, 4) is 0 Å². The average Bonchev–Trinajstić information content (AvgIpc) is 2.76. The number of hydrogen-bond acceptors (Lipinski definition) is 3. The van der Waals surface area contributed by atoms with Crippen LogP contribution >= 0.6 is 11.8 Å². The minimum atomic E-state index is -4.33. The Balaban J connectivity index is 1.52. The molecule has 4 nitrogen and oxygen atoms in total. The number of halogens is 3. The van der Waals surface area contributed by atoms with Gasteiger partial charge in [0.15, 0.2) is 0 Å². The summed E-state index contributed by atoms with van der Waals surface area (Å²) in [5.74, 6) is -0.318. The van der Waals surface area contributed by atoms with Gasteiger partial charge in [0.1, 0.15) is 0 Å². The molecule has 2 aromatic rings. The van der Waals surface area contributed by atoms with E-state index in [0.29, 0.717) is 11.1 Å². The molecule has 0 atom stereocenters. The van der Waals surface area contributed by atoms with Gasteiger partial charge in [-0.05, 0) is 72.5 Å². The molecular formula is C23H23F3N2O2S. The Morgan fingerprint density at radius 3 is 2.42 bits per heavy atom. The second-order valence-corrected chi connectivity index (χ2v) is 8.36. The van der Waals surface area contributed by atoms with Crippen LogP contribution in [0.3, 0.4) is 0 Å². The van der Waals surface area contributed by atoms with Crippen molar-refractivity contribution in [2.45, 2.75) is 36.2 Å². The average molecular weight is 449 g/mol. The Morgan fingerprint density at radius 1 is 1.03 bits per heavy atom. The van der Waals surface area contributed by atoms with E-state index in [2.05, 4.69) is 5.32 Å². The smallest absolute Gasteiger partial charge is 0.348 e. The van der Waals surface area contributed by atoms with E-state index < -0.39 is 5.51 Å². The number of alkyl halides is 3. The molecule has 1 fully saturated rings. The van der Waals surface area contributed by atoms with Gasteiger partial charge < -0.3 is 10.2 Å². The Morgan fingerprint density at radius 2 is 1.74 bits per heavy atom. The highest BCUT2D eigenvalue weighted by molar-refractivity contribution is 8.00. The van der Waals surface area contributed by atoms with Crippen LogP contribution in [0.2, 0.25) is 0 Å². The summed E-state index contributed by atoms with van der Waals surface area (Å²) < 4.78 is 37.1. The van der Waals surface area contributed by atoms with Crippen molar-refractivity contribution in [1.29, 1.82) is 0 Å². The van der Waals surface area contributed by atoms with E-state index in [9.17, 15) is 22.8 Å². The van der Waals surface area contributed by atoms with E-state index in [0.717, 1.165) is 37.9 Å². The Labute approximate surface area is 183 Å². The SMILES string of the molecule is O=C(C=Cc1ccc(SC(F)(F)F)cc1)NCc1cccc(C(=O)N2CCCCC2)c1. The number of amides is 2. The number of hydrogen-bond donors (Lipinski definition) is 1. The number of thioether (sulfide) groups is 1. The zero-order chi connectivity index (χ0) is 22.3. The molecule has 31 heavy (non-hydrogen) atoms. The molecule has 2 amide bonds. The third-order valence-corrected chi connectivity index (χ3v) is 5.56. The van der Waals surface area contributed by atoms with Crippen molar-refractivity contribution in [1.82, 2.24) is 10.2 Å². The lowest BCUT2D eigenvalue weighted by atomic mass is 10.1. The van der Waals surface area contributed by atoms with Crippen LogP contribution in [0.15, 0.2) is 59.5 Å². The van der Waals surface area contributed by atoms with E-state index >= 15 is 0 Å². The molecule has 1 saturated heterocycles. The maximum atomic E-state index is 12.6. The molecule has 0 aromatic heterocycles. The highest BCUT2D eigenvalue weighted by atomic mass is 32.2. The van der Waals surface area contributed by atoms with E-state index in [1.54, 1.807) is 18.2 Å². The highest BCUT2D eigenvalue weighted by Crippen LogP contribution is 2.36. The first-order valence-corrected chi connectivity index (χ1v) is 10.8. The zero-order valence-corrected chi connectivity index (χ0v) is 17.6. The van der Waals surface area contributed by atoms with Gasteiger partial charge in [0.2, 0.25) is 5.91 Å². The lowest BCUT2D eigenvalue weighted by molar-refractivity contribution is -0.116. The third kappa shape index (κ3) is 7.47. The molecule has 2 aromatic carbocycles. The maximum absolute atomic E-state index is 12.6. The molecular weight excluding hydrogens is 425 g/mol. The van der Waals surface area contributed by atoms with Crippen molar-refractivity contribution in [3.05, 3.63) is 71.3 Å². The number of benzene rings is 2. The fourth-order valence-corrected chi connectivity index (χ4v) is 3.83. The predicted octanol–water partition coefficient (Wildman–Crippen LogP) is 5.25. The Kier molecular flexibility index (Phi) is 7.79. The number of nitrogens with zero attached hydrogens (tertiary/aromatic N) is 1. The van der Waals surface area contributed by atoms with Crippen LogP contribution in [0, 0.1) is 0 Å². The fraction of sp³-hybridized carbons (Fsp3) is 0.304. The number of likely N-dealkylation sites (tertiary alicyclic amines) is 1. The third-order valence-electron chi connectivity index (χ3n) is 4.82. The van der Waals surface area contributed by atoms with Crippen molar-refractivity contribution in [2.24, 2.45) is 0 Å². The van der Waals surface area contributed by atoms with Crippen LogP contribution in [-0.2, 0) is 11.3 Å². The van der Waals surface area contributed by atoms with Crippen molar-refractivity contribution < 1.29 is 22.8 Å². The molecule has 164 valence electrons. The van der Waals surface area contributed by atoms with Gasteiger partial charge in [-0.3, -0.25) is 9.59 Å². The molecule has 0 aliphatic carbocycles. The van der Waals surface area contributed by atoms with Gasteiger partial charge in [-0.25, -0.2) is 0 Å². The standard InChI is InChI=1S/C23H23F3N2O2S/c24-23(25,26)31-20-10-7-17(8-11-20)9-12-21(29)27-16-18-5-4-6-19(15-18)22(30)28-13-2-1-3-14-28/h4-12,15H,1-3,13-14,16H2,(H,27,29). The maximum Gasteiger partial charge on any atom is 0.446 e. The molecule has 1 aliphatic heterocycles. The molecule has 1 N–H and O–H groups in total. The normalized spacial score (nSPS) is 14.6. The van der Waals surface area contributed by atoms with Crippen LogP contribution in [-0.4, -0.2) is 35.3 Å². The Hall–Kier alpha value is -2.74. The first-order chi connectivity index (χ1) is 14.8. The van der Waals surface area contributed by atoms with Crippen LogP contribution in [0.4, 0.5) is 13.2 Å². The van der Waals surface area contributed by atoms with Gasteiger partial charge in [0.25, 0.3) is 5.91 Å². The number of piperidine rings is 1. The van der Waals surface area contributed by atoms with Crippen LogP contribution in [0.1, 0.15) is 40.7 Å². The number of nitrogens with one attached hydrogen (secondary N) is 1. The molecule has 0 bridgehead atoms. The predicted molar refractivity (Wildman–Crippen MR) is 115 cm³/mol. The summed E-state index contributed by atoms with van der Waals surface area (Å²) in [5, 5.41) is 2.75. The largest absolute Gasteiger partial charge is 0.446 e. The van der Waals surface area contributed by atoms with Gasteiger partial charge in [0, 0.05) is 36.2 Å². The second kappa shape index (κ2) is 10.5. The topological polar surface area (TPSA) is 49.4 Å².